The van der Waals surface area contributed by atoms with Crippen molar-refractivity contribution in [1.29, 1.82) is 0 Å². The van der Waals surface area contributed by atoms with Gasteiger partial charge in [-0.05, 0) is 51.4 Å². The van der Waals surface area contributed by atoms with Crippen LogP contribution in [-0.2, 0) is 44.5 Å². The zero-order chi connectivity index (χ0) is 28.1. The van der Waals surface area contributed by atoms with Crippen LogP contribution in [0.4, 0.5) is 0 Å². The van der Waals surface area contributed by atoms with E-state index in [1.807, 2.05) is 9.80 Å². The number of nitrogens with zero attached hydrogens (tertiary/aromatic N) is 2. The molecule has 0 aliphatic heterocycles. The molecule has 2 saturated carbocycles. The monoisotopic (exact) mass is 608 g/mol. The van der Waals surface area contributed by atoms with E-state index < -0.39 is 18.5 Å². The van der Waals surface area contributed by atoms with Gasteiger partial charge < -0.3 is 9.80 Å². The third-order valence-corrected chi connectivity index (χ3v) is 6.96. The molecule has 2 aliphatic carbocycles. The predicted octanol–water partition coefficient (Wildman–Crippen LogP) is 5.33. The van der Waals surface area contributed by atoms with E-state index >= 15 is 0 Å². The first-order valence-corrected chi connectivity index (χ1v) is 16.0. The molecule has 0 aromatic heterocycles. The standard InChI is InChI=1S/2C14H25NO2.Mo.2O/c2*1-3-5-10-15(11-6-4-2)14(17)12-8-7-9-13(12)16;;;/h2*12H,3-11H2,1-2H3;;;. The molecule has 0 saturated heterocycles. The third-order valence-electron chi connectivity index (χ3n) is 6.96. The van der Waals surface area contributed by atoms with Crippen LogP contribution >= 0.6 is 0 Å². The van der Waals surface area contributed by atoms with Crippen molar-refractivity contribution >= 4 is 23.4 Å². The normalized spacial score (nSPS) is 18.4. The second-order valence-electron chi connectivity index (χ2n) is 9.96. The molecular formula is C28H50MoN2O6. The number of carbonyl (C=O) groups excluding carboxylic acids is 4. The van der Waals surface area contributed by atoms with Crippen LogP contribution in [-0.4, -0.2) is 59.4 Å². The van der Waals surface area contributed by atoms with Gasteiger partial charge in [-0.25, -0.2) is 0 Å². The van der Waals surface area contributed by atoms with E-state index in [1.54, 1.807) is 0 Å². The van der Waals surface area contributed by atoms with Gasteiger partial charge in [0.15, 0.2) is 0 Å². The fourth-order valence-corrected chi connectivity index (χ4v) is 4.65. The molecule has 9 heteroatoms. The van der Waals surface area contributed by atoms with Gasteiger partial charge in [0.2, 0.25) is 11.8 Å². The topological polar surface area (TPSA) is 109 Å². The zero-order valence-corrected chi connectivity index (χ0v) is 25.6. The van der Waals surface area contributed by atoms with Crippen LogP contribution in [0.3, 0.4) is 0 Å². The molecule has 37 heavy (non-hydrogen) atoms. The number of Topliss-reactive ketones (excluding diaryl/α,β-unsaturated/α-hetero) is 2. The van der Waals surface area contributed by atoms with Crippen LogP contribution in [0.15, 0.2) is 0 Å². The van der Waals surface area contributed by atoms with Gasteiger partial charge in [0.1, 0.15) is 11.6 Å². The quantitative estimate of drug-likeness (QED) is 0.195. The molecule has 214 valence electrons. The van der Waals surface area contributed by atoms with Crippen molar-refractivity contribution in [3.63, 3.8) is 0 Å². The fourth-order valence-electron chi connectivity index (χ4n) is 4.65. The van der Waals surface area contributed by atoms with E-state index in [-0.39, 0.29) is 35.2 Å². The first-order chi connectivity index (χ1) is 17.8. The van der Waals surface area contributed by atoms with Gasteiger partial charge in [-0.2, -0.15) is 0 Å². The average molecular weight is 607 g/mol. The van der Waals surface area contributed by atoms with Crippen molar-refractivity contribution in [2.24, 2.45) is 11.8 Å². The zero-order valence-electron chi connectivity index (χ0n) is 23.6. The fraction of sp³-hybridized carbons (Fsp3) is 0.857. The van der Waals surface area contributed by atoms with Gasteiger partial charge in [-0.3, -0.25) is 19.2 Å². The summed E-state index contributed by atoms with van der Waals surface area (Å²) in [7, 11) is 0. The van der Waals surface area contributed by atoms with Crippen LogP contribution in [0.1, 0.15) is 118 Å². The van der Waals surface area contributed by atoms with E-state index in [2.05, 4.69) is 27.7 Å². The molecular weight excluding hydrogens is 556 g/mol. The van der Waals surface area contributed by atoms with E-state index in [0.29, 0.717) is 12.8 Å². The predicted molar refractivity (Wildman–Crippen MR) is 139 cm³/mol. The van der Waals surface area contributed by atoms with Crippen LogP contribution in [0.25, 0.3) is 0 Å². The Bertz CT molecular complexity index is 653. The van der Waals surface area contributed by atoms with E-state index in [4.69, 9.17) is 6.80 Å². The van der Waals surface area contributed by atoms with Gasteiger partial charge in [0.25, 0.3) is 0 Å². The van der Waals surface area contributed by atoms with E-state index in [1.165, 1.54) is 0 Å². The molecule has 8 nitrogen and oxygen atoms in total. The van der Waals surface area contributed by atoms with Crippen molar-refractivity contribution in [1.82, 2.24) is 9.80 Å². The third kappa shape index (κ3) is 14.3. The van der Waals surface area contributed by atoms with Gasteiger partial charge in [-0.1, -0.05) is 53.4 Å². The van der Waals surface area contributed by atoms with Crippen molar-refractivity contribution in [3.05, 3.63) is 0 Å². The number of ketones is 2. The van der Waals surface area contributed by atoms with Crippen LogP contribution in [0, 0.1) is 11.8 Å². The Balaban J connectivity index is 0.000000633. The van der Waals surface area contributed by atoms with Gasteiger partial charge in [-0.15, -0.1) is 0 Å². The van der Waals surface area contributed by atoms with Gasteiger partial charge in [0, 0.05) is 39.0 Å². The van der Waals surface area contributed by atoms with Crippen LogP contribution in [0.2, 0.25) is 0 Å². The number of unbranched alkanes of at least 4 members (excludes halogenated alkanes) is 4. The summed E-state index contributed by atoms with van der Waals surface area (Å²) in [5.74, 6) is -0.128. The summed E-state index contributed by atoms with van der Waals surface area (Å²) >= 11 is -2.03. The first-order valence-electron chi connectivity index (χ1n) is 14.4. The minimum absolute atomic E-state index is 0.0920. The number of hydrogen-bond donors (Lipinski definition) is 0. The van der Waals surface area contributed by atoms with Crippen molar-refractivity contribution < 1.29 is 44.5 Å². The summed E-state index contributed by atoms with van der Waals surface area (Å²) in [6.45, 7) is 11.8. The molecule has 2 amide bonds. The molecule has 2 unspecified atom stereocenters. The Morgan fingerprint density at radius 1 is 0.649 bits per heavy atom. The summed E-state index contributed by atoms with van der Waals surface area (Å²) in [5.41, 5.74) is 0. The second kappa shape index (κ2) is 22.5. The molecule has 2 atom stereocenters. The first kappa shape index (κ1) is 35.6. The SMILES string of the molecule is CCCCN(CCCC)C(=O)C1CCCC1=O.CCCCN(CCCC)C(=O)C1CCCC1=O.[O]=[Mo]=[O]. The van der Waals surface area contributed by atoms with Gasteiger partial charge >= 0.3 is 25.3 Å². The summed E-state index contributed by atoms with van der Waals surface area (Å²) in [5, 5.41) is 0. The number of hydrogen-bond acceptors (Lipinski definition) is 6. The maximum absolute atomic E-state index is 12.3. The second-order valence-corrected chi connectivity index (χ2v) is 10.3. The molecule has 0 aromatic rings. The Hall–Kier alpha value is -1.43. The number of carbonyl (C=O) groups is 4. The molecule has 0 spiro atoms. The molecule has 0 radical (unpaired) electrons. The average Bonchev–Trinajstić information content (AvgIpc) is 3.52. The number of amides is 2. The molecule has 0 heterocycles. The Morgan fingerprint density at radius 3 is 1.11 bits per heavy atom. The van der Waals surface area contributed by atoms with E-state index in [0.717, 1.165) is 103 Å². The Kier molecular flexibility index (Phi) is 21.7. The molecule has 0 aromatic carbocycles. The number of rotatable bonds is 14. The minimum atomic E-state index is -2.03. The van der Waals surface area contributed by atoms with Crippen molar-refractivity contribution in [2.75, 3.05) is 26.2 Å². The maximum atomic E-state index is 12.3. The molecule has 2 fully saturated rings. The summed E-state index contributed by atoms with van der Waals surface area (Å²) in [4.78, 5) is 51.6. The van der Waals surface area contributed by atoms with Crippen molar-refractivity contribution in [2.45, 2.75) is 118 Å². The summed E-state index contributed by atoms with van der Waals surface area (Å²) in [6, 6.07) is 0. The molecule has 0 bridgehead atoms. The van der Waals surface area contributed by atoms with E-state index in [9.17, 15) is 19.2 Å². The van der Waals surface area contributed by atoms with Crippen LogP contribution in [0.5, 0.6) is 0 Å². The van der Waals surface area contributed by atoms with Crippen molar-refractivity contribution in [3.8, 4) is 0 Å². The Labute approximate surface area is 232 Å². The molecule has 0 N–H and O–H groups in total. The van der Waals surface area contributed by atoms with Crippen LogP contribution < -0.4 is 0 Å². The molecule has 2 rings (SSSR count). The Morgan fingerprint density at radius 2 is 0.919 bits per heavy atom. The molecule has 2 aliphatic rings. The summed E-state index contributed by atoms with van der Waals surface area (Å²) in [6.07, 6.45) is 13.1. The van der Waals surface area contributed by atoms with Gasteiger partial charge in [0.05, 0.1) is 11.8 Å². The summed E-state index contributed by atoms with van der Waals surface area (Å²) < 4.78 is 17.0.